The molecule has 0 aromatic carbocycles. The van der Waals surface area contributed by atoms with E-state index in [1.54, 1.807) is 0 Å². The van der Waals surface area contributed by atoms with Crippen LogP contribution in [0.1, 0.15) is 39.8 Å². The summed E-state index contributed by atoms with van der Waals surface area (Å²) in [7, 11) is 0. The molecular formula is C16H29N5. The van der Waals surface area contributed by atoms with Gasteiger partial charge in [-0.3, -0.25) is 4.90 Å². The van der Waals surface area contributed by atoms with Crippen LogP contribution in [0.4, 0.5) is 5.82 Å². The molecule has 0 spiro atoms. The van der Waals surface area contributed by atoms with E-state index >= 15 is 0 Å². The van der Waals surface area contributed by atoms with E-state index < -0.39 is 0 Å². The Bertz CT molecular complexity index is 409. The van der Waals surface area contributed by atoms with Crippen LogP contribution in [0.15, 0.2) is 12.1 Å². The van der Waals surface area contributed by atoms with Gasteiger partial charge in [0.15, 0.2) is 5.82 Å². The summed E-state index contributed by atoms with van der Waals surface area (Å²) in [6.07, 6.45) is 1.22. The van der Waals surface area contributed by atoms with E-state index in [-0.39, 0.29) is 0 Å². The molecule has 1 aliphatic rings. The molecule has 1 aromatic heterocycles. The Labute approximate surface area is 128 Å². The molecule has 1 N–H and O–H groups in total. The molecule has 0 aliphatic carbocycles. The van der Waals surface area contributed by atoms with Crippen LogP contribution in [-0.4, -0.2) is 53.4 Å². The van der Waals surface area contributed by atoms with E-state index in [0.717, 1.165) is 44.2 Å². The van der Waals surface area contributed by atoms with Crippen LogP contribution in [0.2, 0.25) is 0 Å². The minimum Gasteiger partial charge on any atom is -0.353 e. The number of nitrogens with one attached hydrogen (secondary N) is 1. The lowest BCUT2D eigenvalue weighted by atomic mass is 10.2. The first-order valence-electron chi connectivity index (χ1n) is 8.15. The Hall–Kier alpha value is -1.20. The molecule has 1 saturated heterocycles. The summed E-state index contributed by atoms with van der Waals surface area (Å²) in [6, 6.07) is 5.34. The highest BCUT2D eigenvalue weighted by Gasteiger charge is 2.21. The van der Waals surface area contributed by atoms with Crippen LogP contribution in [0.5, 0.6) is 0 Å². The average Bonchev–Trinajstić information content (AvgIpc) is 2.53. The molecule has 1 fully saturated rings. The van der Waals surface area contributed by atoms with Gasteiger partial charge in [-0.1, -0.05) is 20.8 Å². The normalized spacial score (nSPS) is 18.2. The van der Waals surface area contributed by atoms with Crippen LogP contribution in [0, 0.1) is 0 Å². The van der Waals surface area contributed by atoms with E-state index in [1.165, 1.54) is 6.42 Å². The van der Waals surface area contributed by atoms with E-state index in [1.807, 2.05) is 0 Å². The topological polar surface area (TPSA) is 44.3 Å². The molecular weight excluding hydrogens is 262 g/mol. The number of rotatable bonds is 6. The van der Waals surface area contributed by atoms with Crippen molar-refractivity contribution < 1.29 is 0 Å². The second kappa shape index (κ2) is 7.71. The molecule has 5 heteroatoms. The van der Waals surface area contributed by atoms with E-state index in [0.29, 0.717) is 12.1 Å². The lowest BCUT2D eigenvalue weighted by molar-refractivity contribution is 0.192. The Morgan fingerprint density at radius 3 is 2.33 bits per heavy atom. The first-order chi connectivity index (χ1) is 10.1. The number of nitrogens with zero attached hydrogens (tertiary/aromatic N) is 4. The van der Waals surface area contributed by atoms with Gasteiger partial charge in [-0.15, -0.1) is 5.10 Å². The first kappa shape index (κ1) is 16.2. The third-order valence-electron chi connectivity index (χ3n) is 4.25. The predicted octanol–water partition coefficient (Wildman–Crippen LogP) is 1.90. The molecule has 118 valence electrons. The van der Waals surface area contributed by atoms with E-state index in [4.69, 9.17) is 0 Å². The number of aromatic nitrogens is 2. The Balaban J connectivity index is 1.86. The van der Waals surface area contributed by atoms with Crippen molar-refractivity contribution in [3.05, 3.63) is 17.8 Å². The number of piperazine rings is 1. The first-order valence-corrected chi connectivity index (χ1v) is 8.15. The summed E-state index contributed by atoms with van der Waals surface area (Å²) in [5.74, 6) is 1.01. The predicted molar refractivity (Wildman–Crippen MR) is 87.5 cm³/mol. The number of hydrogen-bond acceptors (Lipinski definition) is 5. The molecule has 0 amide bonds. The van der Waals surface area contributed by atoms with Gasteiger partial charge in [-0.2, -0.15) is 5.10 Å². The summed E-state index contributed by atoms with van der Waals surface area (Å²) >= 11 is 0. The average molecular weight is 291 g/mol. The fraction of sp³-hybridized carbons (Fsp3) is 0.750. The minimum atomic E-state index is 0.472. The zero-order valence-corrected chi connectivity index (χ0v) is 13.8. The second-order valence-electron chi connectivity index (χ2n) is 6.20. The highest BCUT2D eigenvalue weighted by molar-refractivity contribution is 5.38. The maximum atomic E-state index is 4.39. The van der Waals surface area contributed by atoms with Crippen LogP contribution in [0.25, 0.3) is 0 Å². The maximum absolute atomic E-state index is 4.39. The molecule has 21 heavy (non-hydrogen) atoms. The molecule has 2 heterocycles. The van der Waals surface area contributed by atoms with Crippen molar-refractivity contribution >= 4 is 5.82 Å². The fourth-order valence-electron chi connectivity index (χ4n) is 2.57. The van der Waals surface area contributed by atoms with Crippen molar-refractivity contribution in [1.29, 1.82) is 0 Å². The molecule has 1 atom stereocenters. The van der Waals surface area contributed by atoms with E-state index in [9.17, 15) is 0 Å². The zero-order valence-electron chi connectivity index (χ0n) is 13.8. The molecule has 5 nitrogen and oxygen atoms in total. The lowest BCUT2D eigenvalue weighted by Gasteiger charge is -2.38. The van der Waals surface area contributed by atoms with Gasteiger partial charge in [0, 0.05) is 44.8 Å². The van der Waals surface area contributed by atoms with Crippen LogP contribution in [0.3, 0.4) is 0 Å². The zero-order chi connectivity index (χ0) is 15.2. The SMILES string of the molecule is CCC(C)N1CCN(c2ccc(CNC(C)C)nn2)CC1. The second-order valence-corrected chi connectivity index (χ2v) is 6.20. The molecule has 1 unspecified atom stereocenters. The Morgan fingerprint density at radius 2 is 1.81 bits per heavy atom. The van der Waals surface area contributed by atoms with Crippen molar-refractivity contribution in [3.8, 4) is 0 Å². The Morgan fingerprint density at radius 1 is 1.10 bits per heavy atom. The molecule has 1 aliphatic heterocycles. The summed E-state index contributed by atoms with van der Waals surface area (Å²) in [5.41, 5.74) is 1.01. The van der Waals surface area contributed by atoms with E-state index in [2.05, 4.69) is 65.1 Å². The van der Waals surface area contributed by atoms with Gasteiger partial charge in [0.2, 0.25) is 0 Å². The van der Waals surface area contributed by atoms with Crippen molar-refractivity contribution in [3.63, 3.8) is 0 Å². The van der Waals surface area contributed by atoms with Gasteiger partial charge >= 0.3 is 0 Å². The molecule has 1 aromatic rings. The van der Waals surface area contributed by atoms with Gasteiger partial charge in [-0.05, 0) is 25.5 Å². The smallest absolute Gasteiger partial charge is 0.151 e. The summed E-state index contributed by atoms with van der Waals surface area (Å²) in [6.45, 7) is 14.0. The molecule has 2 rings (SSSR count). The third-order valence-corrected chi connectivity index (χ3v) is 4.25. The third kappa shape index (κ3) is 4.64. The van der Waals surface area contributed by atoms with Gasteiger partial charge in [0.05, 0.1) is 5.69 Å². The highest BCUT2D eigenvalue weighted by Crippen LogP contribution is 2.15. The standard InChI is InChI=1S/C16H29N5/c1-5-14(4)20-8-10-21(11-9-20)16-7-6-15(18-19-16)12-17-13(2)3/h6-7,13-14,17H,5,8-12H2,1-4H3. The van der Waals surface area contributed by atoms with Crippen molar-refractivity contribution in [2.45, 2.75) is 52.7 Å². The minimum absolute atomic E-state index is 0.472. The van der Waals surface area contributed by atoms with Crippen molar-refractivity contribution in [2.75, 3.05) is 31.1 Å². The maximum Gasteiger partial charge on any atom is 0.151 e. The van der Waals surface area contributed by atoms with Gasteiger partial charge in [-0.25, -0.2) is 0 Å². The number of anilines is 1. The summed E-state index contributed by atoms with van der Waals surface area (Å²) in [4.78, 5) is 4.90. The molecule has 0 radical (unpaired) electrons. The van der Waals surface area contributed by atoms with Gasteiger partial charge in [0.1, 0.15) is 0 Å². The summed E-state index contributed by atoms with van der Waals surface area (Å²) < 4.78 is 0. The summed E-state index contributed by atoms with van der Waals surface area (Å²) in [5, 5.41) is 12.1. The molecule has 0 bridgehead atoms. The van der Waals surface area contributed by atoms with Crippen molar-refractivity contribution in [2.24, 2.45) is 0 Å². The van der Waals surface area contributed by atoms with Crippen LogP contribution in [-0.2, 0) is 6.54 Å². The van der Waals surface area contributed by atoms with Gasteiger partial charge in [0.25, 0.3) is 0 Å². The Kier molecular flexibility index (Phi) is 5.94. The largest absolute Gasteiger partial charge is 0.353 e. The number of hydrogen-bond donors (Lipinski definition) is 1. The van der Waals surface area contributed by atoms with Crippen LogP contribution < -0.4 is 10.2 Å². The lowest BCUT2D eigenvalue weighted by Crippen LogP contribution is -2.49. The quantitative estimate of drug-likeness (QED) is 0.867. The fourth-order valence-corrected chi connectivity index (χ4v) is 2.57. The monoisotopic (exact) mass is 291 g/mol. The van der Waals surface area contributed by atoms with Gasteiger partial charge < -0.3 is 10.2 Å². The van der Waals surface area contributed by atoms with Crippen LogP contribution >= 0.6 is 0 Å². The van der Waals surface area contributed by atoms with Crippen molar-refractivity contribution in [1.82, 2.24) is 20.4 Å². The molecule has 0 saturated carbocycles. The highest BCUT2D eigenvalue weighted by atomic mass is 15.3.